The molecule has 0 bridgehead atoms. The van der Waals surface area contributed by atoms with Crippen LogP contribution in [-0.4, -0.2) is 34.9 Å². The Morgan fingerprint density at radius 1 is 1.70 bits per heavy atom. The van der Waals surface area contributed by atoms with Gasteiger partial charge in [-0.1, -0.05) is 24.0 Å². The maximum absolute atomic E-state index is 10.3. The van der Waals surface area contributed by atoms with Crippen LogP contribution in [0.1, 0.15) is 0 Å². The second kappa shape index (κ2) is 3.51. The van der Waals surface area contributed by atoms with Crippen LogP contribution in [0.25, 0.3) is 0 Å². The van der Waals surface area contributed by atoms with Crippen molar-refractivity contribution in [3.8, 4) is 0 Å². The van der Waals surface area contributed by atoms with Crippen molar-refractivity contribution < 1.29 is 13.0 Å². The van der Waals surface area contributed by atoms with Crippen molar-refractivity contribution in [1.82, 2.24) is 4.31 Å². The average molecular weight is 201 g/mol. The van der Waals surface area contributed by atoms with Crippen molar-refractivity contribution in [3.05, 3.63) is 0 Å². The molecule has 0 amide bonds. The molecule has 0 aliphatic heterocycles. The Labute approximate surface area is 69.5 Å². The van der Waals surface area contributed by atoms with Crippen molar-refractivity contribution >= 4 is 38.6 Å². The van der Waals surface area contributed by atoms with Gasteiger partial charge in [-0.3, -0.25) is 4.55 Å². The minimum absolute atomic E-state index is 0.113. The van der Waals surface area contributed by atoms with E-state index in [4.69, 9.17) is 4.55 Å². The number of hydrogen-bond acceptors (Lipinski definition) is 4. The average Bonchev–Trinajstić information content (AvgIpc) is 1.83. The third kappa shape index (κ3) is 2.82. The van der Waals surface area contributed by atoms with Gasteiger partial charge in [0.05, 0.1) is 0 Å². The van der Waals surface area contributed by atoms with E-state index in [0.717, 1.165) is 11.8 Å². The summed E-state index contributed by atoms with van der Waals surface area (Å²) in [5.41, 5.74) is 0. The third-order valence-electron chi connectivity index (χ3n) is 0.778. The highest BCUT2D eigenvalue weighted by atomic mass is 32.2. The summed E-state index contributed by atoms with van der Waals surface area (Å²) in [6.45, 7) is 0. The number of rotatable bonds is 1. The van der Waals surface area contributed by atoms with Crippen LogP contribution < -0.4 is 0 Å². The molecule has 0 spiro atoms. The summed E-state index contributed by atoms with van der Waals surface area (Å²) in [6.07, 6.45) is 1.63. The minimum atomic E-state index is -4.14. The van der Waals surface area contributed by atoms with Gasteiger partial charge >= 0.3 is 10.3 Å². The molecule has 0 aromatic carbocycles. The molecule has 0 heterocycles. The summed E-state index contributed by atoms with van der Waals surface area (Å²) in [5, 5.41) is 0. The van der Waals surface area contributed by atoms with Gasteiger partial charge < -0.3 is 0 Å². The van der Waals surface area contributed by atoms with Gasteiger partial charge in [-0.25, -0.2) is 4.31 Å². The standard InChI is InChI=1S/C3H7NO3S3/c1-4(3(8)9-2)10(5,6)7/h1-2H3,(H,5,6,7). The predicted molar refractivity (Wildman–Crippen MR) is 45.4 cm³/mol. The fourth-order valence-corrected chi connectivity index (χ4v) is 1.46. The van der Waals surface area contributed by atoms with Crippen LogP contribution in [-0.2, 0) is 10.3 Å². The molecule has 0 aromatic rings. The lowest BCUT2D eigenvalue weighted by Crippen LogP contribution is -2.28. The lowest BCUT2D eigenvalue weighted by atomic mass is 11.2. The molecule has 0 aliphatic carbocycles. The lowest BCUT2D eigenvalue weighted by molar-refractivity contribution is 0.442. The summed E-state index contributed by atoms with van der Waals surface area (Å²) >= 11 is 5.65. The van der Waals surface area contributed by atoms with E-state index in [2.05, 4.69) is 12.2 Å². The van der Waals surface area contributed by atoms with Gasteiger partial charge in [0, 0.05) is 7.05 Å². The molecule has 60 valence electrons. The Bertz CT molecular complexity index is 221. The molecule has 7 heteroatoms. The van der Waals surface area contributed by atoms with Gasteiger partial charge in [-0.15, -0.1) is 0 Å². The highest BCUT2D eigenvalue weighted by molar-refractivity contribution is 8.23. The normalized spacial score (nSPS) is 11.1. The summed E-state index contributed by atoms with van der Waals surface area (Å²) in [7, 11) is -2.95. The van der Waals surface area contributed by atoms with Crippen molar-refractivity contribution in [2.45, 2.75) is 0 Å². The van der Waals surface area contributed by atoms with Crippen molar-refractivity contribution in [2.75, 3.05) is 13.3 Å². The number of nitrogens with zero attached hydrogens (tertiary/aromatic N) is 1. The summed E-state index contributed by atoms with van der Waals surface area (Å²) in [5.74, 6) is 0. The van der Waals surface area contributed by atoms with Gasteiger partial charge in [-0.2, -0.15) is 8.42 Å². The van der Waals surface area contributed by atoms with Crippen LogP contribution in [0.15, 0.2) is 0 Å². The minimum Gasteiger partial charge on any atom is -0.269 e. The largest absolute Gasteiger partial charge is 0.360 e. The zero-order valence-corrected chi connectivity index (χ0v) is 7.89. The fraction of sp³-hybridized carbons (Fsp3) is 0.667. The van der Waals surface area contributed by atoms with Crippen LogP contribution >= 0.6 is 24.0 Å². The lowest BCUT2D eigenvalue weighted by Gasteiger charge is -2.12. The maximum Gasteiger partial charge on any atom is 0.360 e. The zero-order valence-electron chi connectivity index (χ0n) is 5.44. The Morgan fingerprint density at radius 3 is 2.20 bits per heavy atom. The first kappa shape index (κ1) is 10.2. The monoisotopic (exact) mass is 201 g/mol. The summed E-state index contributed by atoms with van der Waals surface area (Å²) in [6, 6.07) is 0. The molecular weight excluding hydrogens is 194 g/mol. The molecule has 0 aliphatic rings. The molecule has 4 nitrogen and oxygen atoms in total. The molecule has 10 heavy (non-hydrogen) atoms. The van der Waals surface area contributed by atoms with E-state index in [1.54, 1.807) is 6.26 Å². The van der Waals surface area contributed by atoms with Gasteiger partial charge in [0.15, 0.2) is 4.32 Å². The van der Waals surface area contributed by atoms with Crippen LogP contribution in [0.3, 0.4) is 0 Å². The quantitative estimate of drug-likeness (QED) is 0.490. The molecule has 0 saturated heterocycles. The van der Waals surface area contributed by atoms with E-state index in [1.807, 2.05) is 0 Å². The Hall–Kier alpha value is 0.150. The number of thiocarbonyl (C=S) groups is 1. The molecule has 0 atom stereocenters. The summed E-state index contributed by atoms with van der Waals surface area (Å²) in [4.78, 5) is 0. The molecule has 0 radical (unpaired) electrons. The second-order valence-electron chi connectivity index (χ2n) is 1.42. The summed E-state index contributed by atoms with van der Waals surface area (Å²) < 4.78 is 29.8. The number of thioether (sulfide) groups is 1. The molecule has 0 fully saturated rings. The molecule has 0 saturated carbocycles. The van der Waals surface area contributed by atoms with Gasteiger partial charge in [0.25, 0.3) is 0 Å². The number of hydrogen-bond donors (Lipinski definition) is 1. The van der Waals surface area contributed by atoms with E-state index in [9.17, 15) is 8.42 Å². The Morgan fingerprint density at radius 2 is 2.10 bits per heavy atom. The third-order valence-corrected chi connectivity index (χ3v) is 3.28. The molecule has 0 rings (SSSR count). The topological polar surface area (TPSA) is 57.6 Å². The SMILES string of the molecule is CSC(=S)N(C)S(=O)(=O)O. The maximum atomic E-state index is 10.3. The zero-order chi connectivity index (χ0) is 8.36. The van der Waals surface area contributed by atoms with Crippen LogP contribution in [0.5, 0.6) is 0 Å². The first-order valence-electron chi connectivity index (χ1n) is 2.19. The first-order valence-corrected chi connectivity index (χ1v) is 5.22. The van der Waals surface area contributed by atoms with Crippen LogP contribution in [0.4, 0.5) is 0 Å². The van der Waals surface area contributed by atoms with Crippen LogP contribution in [0, 0.1) is 0 Å². The molecule has 0 unspecified atom stereocenters. The van der Waals surface area contributed by atoms with Crippen molar-refractivity contribution in [2.24, 2.45) is 0 Å². The van der Waals surface area contributed by atoms with Gasteiger partial charge in [-0.05, 0) is 6.26 Å². The highest BCUT2D eigenvalue weighted by Crippen LogP contribution is 2.05. The van der Waals surface area contributed by atoms with E-state index >= 15 is 0 Å². The fourth-order valence-electron chi connectivity index (χ4n) is 0.223. The highest BCUT2D eigenvalue weighted by Gasteiger charge is 2.15. The molecule has 0 aromatic heterocycles. The van der Waals surface area contributed by atoms with Crippen molar-refractivity contribution in [3.63, 3.8) is 0 Å². The van der Waals surface area contributed by atoms with E-state index in [0.29, 0.717) is 4.31 Å². The van der Waals surface area contributed by atoms with E-state index in [1.165, 1.54) is 7.05 Å². The Balaban J connectivity index is 4.39. The van der Waals surface area contributed by atoms with Crippen LogP contribution in [0.2, 0.25) is 0 Å². The van der Waals surface area contributed by atoms with Crippen molar-refractivity contribution in [1.29, 1.82) is 0 Å². The smallest absolute Gasteiger partial charge is 0.269 e. The van der Waals surface area contributed by atoms with Gasteiger partial charge in [0.1, 0.15) is 0 Å². The Kier molecular flexibility index (Phi) is 3.57. The van der Waals surface area contributed by atoms with Gasteiger partial charge in [0.2, 0.25) is 0 Å². The first-order chi connectivity index (χ1) is 4.39. The van der Waals surface area contributed by atoms with E-state index in [-0.39, 0.29) is 4.32 Å². The second-order valence-corrected chi connectivity index (χ2v) is 4.30. The van der Waals surface area contributed by atoms with E-state index < -0.39 is 10.3 Å². The molecular formula is C3H7NO3S3. The molecule has 1 N–H and O–H groups in total. The predicted octanol–water partition coefficient (Wildman–Crippen LogP) is 0.369.